The molecule has 0 unspecified atom stereocenters. The van der Waals surface area contributed by atoms with Crippen LogP contribution in [-0.2, 0) is 0 Å². The minimum Gasteiger partial charge on any atom is -0.344 e. The van der Waals surface area contributed by atoms with E-state index >= 15 is 0 Å². The molecule has 11 heavy (non-hydrogen) atoms. The average molecular weight is 151 g/mol. The van der Waals surface area contributed by atoms with E-state index in [1.807, 2.05) is 18.0 Å². The van der Waals surface area contributed by atoms with Crippen molar-refractivity contribution in [2.45, 2.75) is 13.3 Å². The normalized spacial score (nSPS) is 9.64. The van der Waals surface area contributed by atoms with Gasteiger partial charge in [0.15, 0.2) is 0 Å². The monoisotopic (exact) mass is 151 g/mol. The van der Waals surface area contributed by atoms with Crippen LogP contribution in [0.15, 0.2) is 18.5 Å². The zero-order chi connectivity index (χ0) is 8.10. The molecule has 1 aromatic heterocycles. The second kappa shape index (κ2) is 3.91. The number of hydrogen-bond acceptors (Lipinski definition) is 3. The highest BCUT2D eigenvalue weighted by molar-refractivity contribution is 5.25. The molecule has 60 valence electrons. The Kier molecular flexibility index (Phi) is 2.83. The van der Waals surface area contributed by atoms with Gasteiger partial charge in [0.1, 0.15) is 0 Å². The summed E-state index contributed by atoms with van der Waals surface area (Å²) >= 11 is 0. The van der Waals surface area contributed by atoms with Crippen LogP contribution < -0.4 is 4.90 Å². The van der Waals surface area contributed by atoms with Crippen LogP contribution in [0.1, 0.15) is 13.3 Å². The minimum atomic E-state index is 0.800. The summed E-state index contributed by atoms with van der Waals surface area (Å²) in [6.07, 6.45) is 4.64. The van der Waals surface area contributed by atoms with Gasteiger partial charge in [-0.25, -0.2) is 9.97 Å². The molecule has 0 atom stereocenters. The van der Waals surface area contributed by atoms with Gasteiger partial charge in [-0.3, -0.25) is 0 Å². The Morgan fingerprint density at radius 1 is 1.36 bits per heavy atom. The number of hydrogen-bond donors (Lipinski definition) is 0. The summed E-state index contributed by atoms with van der Waals surface area (Å²) < 4.78 is 0. The highest BCUT2D eigenvalue weighted by Crippen LogP contribution is 2.01. The lowest BCUT2D eigenvalue weighted by molar-refractivity contribution is 0.818. The summed E-state index contributed by atoms with van der Waals surface area (Å²) in [6, 6.07) is 1.82. The summed E-state index contributed by atoms with van der Waals surface area (Å²) in [5.41, 5.74) is 0. The number of anilines is 1. The molecule has 0 fully saturated rings. The molecule has 0 amide bonds. The fraction of sp³-hybridized carbons (Fsp3) is 0.500. The molecule has 0 saturated heterocycles. The summed E-state index contributed by atoms with van der Waals surface area (Å²) in [5.74, 6) is 0.800. The van der Waals surface area contributed by atoms with Crippen molar-refractivity contribution in [2.75, 3.05) is 18.5 Å². The maximum absolute atomic E-state index is 4.11. The molecule has 1 heterocycles. The molecule has 0 aromatic carbocycles. The highest BCUT2D eigenvalue weighted by Gasteiger charge is 1.98. The van der Waals surface area contributed by atoms with E-state index in [-0.39, 0.29) is 0 Å². The first-order valence-corrected chi connectivity index (χ1v) is 3.82. The van der Waals surface area contributed by atoms with Crippen molar-refractivity contribution in [3.63, 3.8) is 0 Å². The van der Waals surface area contributed by atoms with Crippen LogP contribution in [0.4, 0.5) is 5.95 Å². The molecule has 3 heteroatoms. The maximum atomic E-state index is 4.11. The third-order valence-corrected chi connectivity index (χ3v) is 1.45. The van der Waals surface area contributed by atoms with Crippen LogP contribution >= 0.6 is 0 Å². The largest absolute Gasteiger partial charge is 0.344 e. The second-order valence-corrected chi connectivity index (χ2v) is 2.47. The molecule has 0 N–H and O–H groups in total. The molecule has 0 bridgehead atoms. The zero-order valence-electron chi connectivity index (χ0n) is 6.99. The third kappa shape index (κ3) is 2.18. The van der Waals surface area contributed by atoms with E-state index < -0.39 is 0 Å². The standard InChI is InChI=1S/C8H13N3/c1-3-7-11(2)8-9-5-4-6-10-8/h4-6H,3,7H2,1-2H3. The predicted molar refractivity (Wildman–Crippen MR) is 45.6 cm³/mol. The minimum absolute atomic E-state index is 0.800. The molecular weight excluding hydrogens is 138 g/mol. The van der Waals surface area contributed by atoms with Gasteiger partial charge in [0.2, 0.25) is 5.95 Å². The van der Waals surface area contributed by atoms with Gasteiger partial charge in [0.25, 0.3) is 0 Å². The first-order chi connectivity index (χ1) is 5.34. The second-order valence-electron chi connectivity index (χ2n) is 2.47. The van der Waals surface area contributed by atoms with Gasteiger partial charge in [0.05, 0.1) is 0 Å². The van der Waals surface area contributed by atoms with Crippen molar-refractivity contribution in [1.82, 2.24) is 9.97 Å². The summed E-state index contributed by atoms with van der Waals surface area (Å²) in [5, 5.41) is 0. The molecule has 0 spiro atoms. The maximum Gasteiger partial charge on any atom is 0.224 e. The fourth-order valence-electron chi connectivity index (χ4n) is 0.924. The van der Waals surface area contributed by atoms with Crippen molar-refractivity contribution in [3.8, 4) is 0 Å². The van der Waals surface area contributed by atoms with Gasteiger partial charge in [-0.15, -0.1) is 0 Å². The molecule has 0 aliphatic carbocycles. The Morgan fingerprint density at radius 2 is 2.00 bits per heavy atom. The third-order valence-electron chi connectivity index (χ3n) is 1.45. The topological polar surface area (TPSA) is 29.0 Å². The van der Waals surface area contributed by atoms with Crippen molar-refractivity contribution in [2.24, 2.45) is 0 Å². The van der Waals surface area contributed by atoms with Crippen molar-refractivity contribution in [3.05, 3.63) is 18.5 Å². The lowest BCUT2D eigenvalue weighted by atomic mass is 10.4. The molecule has 1 aromatic rings. The zero-order valence-corrected chi connectivity index (χ0v) is 6.99. The number of aromatic nitrogens is 2. The number of rotatable bonds is 3. The van der Waals surface area contributed by atoms with Crippen LogP contribution in [0, 0.1) is 0 Å². The Morgan fingerprint density at radius 3 is 2.55 bits per heavy atom. The van der Waals surface area contributed by atoms with E-state index in [1.54, 1.807) is 12.4 Å². The van der Waals surface area contributed by atoms with Crippen LogP contribution in [0.5, 0.6) is 0 Å². The Hall–Kier alpha value is -1.12. The quantitative estimate of drug-likeness (QED) is 0.652. The van der Waals surface area contributed by atoms with Gasteiger partial charge < -0.3 is 4.90 Å². The fourth-order valence-corrected chi connectivity index (χ4v) is 0.924. The lowest BCUT2D eigenvalue weighted by Gasteiger charge is -2.14. The average Bonchev–Trinajstić information content (AvgIpc) is 2.07. The van der Waals surface area contributed by atoms with Gasteiger partial charge in [-0.2, -0.15) is 0 Å². The SMILES string of the molecule is CCCN(C)c1ncccn1. The van der Waals surface area contributed by atoms with Gasteiger partial charge in [-0.1, -0.05) is 6.92 Å². The van der Waals surface area contributed by atoms with Crippen molar-refractivity contribution >= 4 is 5.95 Å². The Balaban J connectivity index is 2.61. The van der Waals surface area contributed by atoms with E-state index in [9.17, 15) is 0 Å². The summed E-state index contributed by atoms with van der Waals surface area (Å²) in [4.78, 5) is 10.3. The first-order valence-electron chi connectivity index (χ1n) is 3.82. The van der Waals surface area contributed by atoms with E-state index in [4.69, 9.17) is 0 Å². The lowest BCUT2D eigenvalue weighted by Crippen LogP contribution is -2.19. The number of nitrogens with zero attached hydrogens (tertiary/aromatic N) is 3. The molecule has 0 aliphatic heterocycles. The van der Waals surface area contributed by atoms with Gasteiger partial charge in [-0.05, 0) is 12.5 Å². The smallest absolute Gasteiger partial charge is 0.224 e. The molecule has 0 saturated carbocycles. The van der Waals surface area contributed by atoms with Crippen LogP contribution in [0.25, 0.3) is 0 Å². The Labute approximate surface area is 67.1 Å². The van der Waals surface area contributed by atoms with Crippen molar-refractivity contribution < 1.29 is 0 Å². The summed E-state index contributed by atoms with van der Waals surface area (Å²) in [6.45, 7) is 3.14. The van der Waals surface area contributed by atoms with E-state index in [0.29, 0.717) is 0 Å². The molecule has 0 radical (unpaired) electrons. The van der Waals surface area contributed by atoms with Crippen LogP contribution in [-0.4, -0.2) is 23.6 Å². The van der Waals surface area contributed by atoms with Gasteiger partial charge >= 0.3 is 0 Å². The Bertz CT molecular complexity index is 198. The molecule has 0 aliphatic rings. The van der Waals surface area contributed by atoms with E-state index in [0.717, 1.165) is 18.9 Å². The van der Waals surface area contributed by atoms with Gasteiger partial charge in [0, 0.05) is 26.0 Å². The van der Waals surface area contributed by atoms with Crippen LogP contribution in [0.2, 0.25) is 0 Å². The van der Waals surface area contributed by atoms with E-state index in [1.165, 1.54) is 0 Å². The van der Waals surface area contributed by atoms with Crippen molar-refractivity contribution in [1.29, 1.82) is 0 Å². The summed E-state index contributed by atoms with van der Waals surface area (Å²) in [7, 11) is 2.00. The molecule has 1 rings (SSSR count). The predicted octanol–water partition coefficient (Wildman–Crippen LogP) is 1.32. The first kappa shape index (κ1) is 7.98. The van der Waals surface area contributed by atoms with Crippen LogP contribution in [0.3, 0.4) is 0 Å². The van der Waals surface area contributed by atoms with E-state index in [2.05, 4.69) is 16.9 Å². The molecule has 3 nitrogen and oxygen atoms in total. The highest BCUT2D eigenvalue weighted by atomic mass is 15.2. The molecular formula is C8H13N3.